The number of aryl methyl sites for hydroxylation is 2. The van der Waals surface area contributed by atoms with Gasteiger partial charge in [0.1, 0.15) is 12.6 Å². The molecule has 236 valence electrons. The number of rotatable bonds is 14. The molecule has 0 heterocycles. The molecule has 1 unspecified atom stereocenters. The monoisotopic (exact) mass is 645 g/mol. The lowest BCUT2D eigenvalue weighted by Gasteiger charge is -2.34. The molecule has 0 aliphatic rings. The molecule has 9 heteroatoms. The second kappa shape index (κ2) is 15.7. The Kier molecular flexibility index (Phi) is 11.8. The predicted molar refractivity (Wildman–Crippen MR) is 181 cm³/mol. The third-order valence-corrected chi connectivity index (χ3v) is 9.54. The highest BCUT2D eigenvalue weighted by Gasteiger charge is 2.34. The first-order valence-corrected chi connectivity index (χ1v) is 16.9. The second-order valence-corrected chi connectivity index (χ2v) is 13.5. The van der Waals surface area contributed by atoms with Crippen LogP contribution in [-0.4, -0.2) is 44.3 Å². The summed E-state index contributed by atoms with van der Waals surface area (Å²) in [6.45, 7) is 5.81. The van der Waals surface area contributed by atoms with Crippen LogP contribution in [0.5, 0.6) is 0 Å². The van der Waals surface area contributed by atoms with Crippen molar-refractivity contribution in [3.63, 3.8) is 0 Å². The van der Waals surface area contributed by atoms with Gasteiger partial charge in [0.15, 0.2) is 0 Å². The van der Waals surface area contributed by atoms with Crippen LogP contribution in [0.25, 0.3) is 0 Å². The second-order valence-electron chi connectivity index (χ2n) is 11.2. The first kappa shape index (κ1) is 33.7. The Hall–Kier alpha value is -4.14. The molecule has 0 saturated heterocycles. The number of hydrogen-bond acceptors (Lipinski definition) is 4. The van der Waals surface area contributed by atoms with E-state index in [0.29, 0.717) is 17.3 Å². The van der Waals surface area contributed by atoms with E-state index >= 15 is 0 Å². The first-order chi connectivity index (χ1) is 21.6. The maximum absolute atomic E-state index is 14.5. The van der Waals surface area contributed by atoms with Gasteiger partial charge in [-0.05, 0) is 73.4 Å². The van der Waals surface area contributed by atoms with Crippen LogP contribution >= 0.6 is 11.6 Å². The number of carbonyl (C=O) groups excluding carboxylic acids is 2. The highest BCUT2D eigenvalue weighted by atomic mass is 35.5. The van der Waals surface area contributed by atoms with E-state index in [1.54, 1.807) is 60.7 Å². The van der Waals surface area contributed by atoms with Crippen LogP contribution in [0, 0.1) is 13.8 Å². The first-order valence-electron chi connectivity index (χ1n) is 15.1. The van der Waals surface area contributed by atoms with Gasteiger partial charge >= 0.3 is 0 Å². The zero-order valence-electron chi connectivity index (χ0n) is 25.9. The Morgan fingerprint density at radius 2 is 1.51 bits per heavy atom. The minimum Gasteiger partial charge on any atom is -0.354 e. The summed E-state index contributed by atoms with van der Waals surface area (Å²) in [5.74, 6) is -0.815. The van der Waals surface area contributed by atoms with Gasteiger partial charge in [0.25, 0.3) is 10.0 Å². The van der Waals surface area contributed by atoms with Crippen molar-refractivity contribution in [3.05, 3.63) is 130 Å². The molecule has 4 aromatic rings. The zero-order valence-corrected chi connectivity index (χ0v) is 27.5. The van der Waals surface area contributed by atoms with Crippen molar-refractivity contribution >= 4 is 39.1 Å². The largest absolute Gasteiger partial charge is 0.354 e. The predicted octanol–water partition coefficient (Wildman–Crippen LogP) is 6.71. The van der Waals surface area contributed by atoms with Crippen molar-refractivity contribution in [2.75, 3.05) is 17.4 Å². The third kappa shape index (κ3) is 9.19. The van der Waals surface area contributed by atoms with Crippen LogP contribution in [-0.2, 0) is 32.6 Å². The molecule has 4 aromatic carbocycles. The molecule has 0 radical (unpaired) electrons. The molecule has 0 aliphatic carbocycles. The molecular formula is C36H40ClN3O4S. The quantitative estimate of drug-likeness (QED) is 0.155. The summed E-state index contributed by atoms with van der Waals surface area (Å²) in [7, 11) is -4.15. The number of nitrogens with zero attached hydrogens (tertiary/aromatic N) is 2. The van der Waals surface area contributed by atoms with Crippen molar-refractivity contribution < 1.29 is 18.0 Å². The van der Waals surface area contributed by atoms with Gasteiger partial charge in [0, 0.05) is 24.5 Å². The number of carbonyl (C=O) groups is 2. The Bertz CT molecular complexity index is 1700. The normalized spacial score (nSPS) is 11.9. The molecular weight excluding hydrogens is 606 g/mol. The molecule has 0 aliphatic heterocycles. The van der Waals surface area contributed by atoms with E-state index in [2.05, 4.69) is 5.32 Å². The van der Waals surface area contributed by atoms with Crippen molar-refractivity contribution in [1.29, 1.82) is 0 Å². The summed E-state index contributed by atoms with van der Waals surface area (Å²) >= 11 is 6.31. The standard InChI is InChI=1S/C36H40ClN3O4S/c1-4-5-21-38-36(42)34(24-29-12-7-6-8-13-29)39(25-30-14-10-15-31(37)23-30)35(41)26-40(32-16-9-11-28(3)22-32)45(43,44)33-19-17-27(2)18-20-33/h6-20,22-23,34H,4-5,21,24-26H2,1-3H3,(H,38,42). The Labute approximate surface area is 271 Å². The summed E-state index contributed by atoms with van der Waals surface area (Å²) in [5.41, 5.74) is 3.71. The number of sulfonamides is 1. The van der Waals surface area contributed by atoms with Gasteiger partial charge in [-0.25, -0.2) is 8.42 Å². The Morgan fingerprint density at radius 1 is 0.822 bits per heavy atom. The van der Waals surface area contributed by atoms with Gasteiger partial charge in [-0.15, -0.1) is 0 Å². The van der Waals surface area contributed by atoms with Crippen molar-refractivity contribution in [2.45, 2.75) is 57.5 Å². The van der Waals surface area contributed by atoms with Crippen LogP contribution in [0.3, 0.4) is 0 Å². The van der Waals surface area contributed by atoms with Crippen LogP contribution in [0.4, 0.5) is 5.69 Å². The van der Waals surface area contributed by atoms with Crippen molar-refractivity contribution in [2.24, 2.45) is 0 Å². The van der Waals surface area contributed by atoms with Crippen LogP contribution in [0.15, 0.2) is 108 Å². The topological polar surface area (TPSA) is 86.8 Å². The van der Waals surface area contributed by atoms with E-state index in [1.807, 2.05) is 63.2 Å². The fourth-order valence-corrected chi connectivity index (χ4v) is 6.66. The lowest BCUT2D eigenvalue weighted by molar-refractivity contribution is -0.140. The van der Waals surface area contributed by atoms with Gasteiger partial charge in [-0.3, -0.25) is 13.9 Å². The summed E-state index contributed by atoms with van der Waals surface area (Å²) in [6.07, 6.45) is 1.94. The molecule has 4 rings (SSSR count). The highest BCUT2D eigenvalue weighted by molar-refractivity contribution is 7.92. The lowest BCUT2D eigenvalue weighted by atomic mass is 10.0. The van der Waals surface area contributed by atoms with Crippen LogP contribution in [0.1, 0.15) is 42.0 Å². The maximum Gasteiger partial charge on any atom is 0.264 e. The lowest BCUT2D eigenvalue weighted by Crippen LogP contribution is -2.53. The molecule has 0 aromatic heterocycles. The molecule has 45 heavy (non-hydrogen) atoms. The molecule has 2 amide bonds. The highest BCUT2D eigenvalue weighted by Crippen LogP contribution is 2.26. The SMILES string of the molecule is CCCCNC(=O)C(Cc1ccccc1)N(Cc1cccc(Cl)c1)C(=O)CN(c1cccc(C)c1)S(=O)(=O)c1ccc(C)cc1. The van der Waals surface area contributed by atoms with E-state index < -0.39 is 28.5 Å². The minimum atomic E-state index is -4.15. The molecule has 0 fully saturated rings. The number of benzene rings is 4. The molecule has 1 atom stereocenters. The average Bonchev–Trinajstić information content (AvgIpc) is 3.02. The maximum atomic E-state index is 14.5. The third-order valence-electron chi connectivity index (χ3n) is 7.52. The smallest absolute Gasteiger partial charge is 0.264 e. The summed E-state index contributed by atoms with van der Waals surface area (Å²) < 4.78 is 29.4. The molecule has 0 bridgehead atoms. The van der Waals surface area contributed by atoms with Crippen molar-refractivity contribution in [3.8, 4) is 0 Å². The Morgan fingerprint density at radius 3 is 2.18 bits per heavy atom. The number of amides is 2. The number of unbranched alkanes of at least 4 members (excludes halogenated alkanes) is 1. The molecule has 0 saturated carbocycles. The van der Waals surface area contributed by atoms with E-state index in [1.165, 1.54) is 4.90 Å². The molecule has 7 nitrogen and oxygen atoms in total. The van der Waals surface area contributed by atoms with E-state index in [4.69, 9.17) is 11.6 Å². The summed E-state index contributed by atoms with van der Waals surface area (Å²) in [4.78, 5) is 29.9. The number of hydrogen-bond donors (Lipinski definition) is 1. The van der Waals surface area contributed by atoms with Gasteiger partial charge < -0.3 is 10.2 Å². The van der Waals surface area contributed by atoms with Crippen LogP contribution < -0.4 is 9.62 Å². The fourth-order valence-electron chi connectivity index (χ4n) is 5.04. The Balaban J connectivity index is 1.79. The van der Waals surface area contributed by atoms with Gasteiger partial charge in [-0.2, -0.15) is 0 Å². The molecule has 0 spiro atoms. The minimum absolute atomic E-state index is 0.0598. The number of anilines is 1. The zero-order chi connectivity index (χ0) is 32.4. The van der Waals surface area contributed by atoms with Gasteiger partial charge in [0.05, 0.1) is 10.6 Å². The van der Waals surface area contributed by atoms with E-state index in [9.17, 15) is 18.0 Å². The van der Waals surface area contributed by atoms with E-state index in [-0.39, 0.29) is 23.8 Å². The average molecular weight is 646 g/mol. The fraction of sp³-hybridized carbons (Fsp3) is 0.278. The molecule has 1 N–H and O–H groups in total. The van der Waals surface area contributed by atoms with Crippen LogP contribution in [0.2, 0.25) is 5.02 Å². The van der Waals surface area contributed by atoms with Gasteiger partial charge in [0.2, 0.25) is 11.8 Å². The summed E-state index contributed by atoms with van der Waals surface area (Å²) in [5, 5.41) is 3.50. The number of halogens is 1. The van der Waals surface area contributed by atoms with Crippen molar-refractivity contribution in [1.82, 2.24) is 10.2 Å². The van der Waals surface area contributed by atoms with E-state index in [0.717, 1.165) is 39.4 Å². The summed E-state index contributed by atoms with van der Waals surface area (Å²) in [6, 6.07) is 29.3. The van der Waals surface area contributed by atoms with Gasteiger partial charge in [-0.1, -0.05) is 97.2 Å². The number of nitrogens with one attached hydrogen (secondary N) is 1.